The number of carbonyl (C=O) groups excluding carboxylic acids is 2. The zero-order chi connectivity index (χ0) is 11.0. The minimum absolute atomic E-state index is 0.0560. The monoisotopic (exact) mass is 203 g/mol. The lowest BCUT2D eigenvalue weighted by atomic mass is 10.0. The van der Waals surface area contributed by atoms with E-state index in [1.54, 1.807) is 7.05 Å². The van der Waals surface area contributed by atoms with Crippen LogP contribution >= 0.6 is 0 Å². The van der Waals surface area contributed by atoms with Gasteiger partial charge in [-0.25, -0.2) is 0 Å². The third-order valence-corrected chi connectivity index (χ3v) is 2.64. The molecule has 0 saturated heterocycles. The molecule has 3 nitrogen and oxygen atoms in total. The lowest BCUT2D eigenvalue weighted by Gasteiger charge is -2.13. The van der Waals surface area contributed by atoms with Gasteiger partial charge >= 0.3 is 0 Å². The van der Waals surface area contributed by atoms with Gasteiger partial charge in [-0.2, -0.15) is 0 Å². The van der Waals surface area contributed by atoms with Gasteiger partial charge in [-0.3, -0.25) is 9.59 Å². The van der Waals surface area contributed by atoms with E-state index in [4.69, 9.17) is 0 Å². The summed E-state index contributed by atoms with van der Waals surface area (Å²) in [5, 5.41) is 0. The molecule has 0 aromatic heterocycles. The molecule has 1 aromatic carbocycles. The summed E-state index contributed by atoms with van der Waals surface area (Å²) in [5.41, 5.74) is 2.56. The van der Waals surface area contributed by atoms with E-state index in [9.17, 15) is 9.59 Å². The molecule has 0 bridgehead atoms. The molecule has 1 amide bonds. The quantitative estimate of drug-likeness (QED) is 0.635. The minimum atomic E-state index is -0.0560. The van der Waals surface area contributed by atoms with Crippen LogP contribution in [0.2, 0.25) is 0 Å². The highest BCUT2D eigenvalue weighted by Gasteiger charge is 2.23. The molecule has 0 spiro atoms. The standard InChI is InChI=1S/C12H13NO2/c1-8-3-4-9-6-10(14)7-13(2)12(15)11(9)5-8/h3-5H,6-7H2,1-2H3. The Labute approximate surface area is 88.7 Å². The van der Waals surface area contributed by atoms with E-state index < -0.39 is 0 Å². The Hall–Kier alpha value is -1.64. The number of Topliss-reactive ketones (excluding diaryl/α,β-unsaturated/α-hetero) is 1. The van der Waals surface area contributed by atoms with Crippen molar-refractivity contribution in [2.75, 3.05) is 13.6 Å². The van der Waals surface area contributed by atoms with Crippen LogP contribution in [-0.2, 0) is 11.2 Å². The Bertz CT molecular complexity index is 437. The first-order valence-corrected chi connectivity index (χ1v) is 4.94. The molecule has 1 aromatic rings. The summed E-state index contributed by atoms with van der Waals surface area (Å²) in [6, 6.07) is 5.66. The van der Waals surface area contributed by atoms with Crippen molar-refractivity contribution in [1.29, 1.82) is 0 Å². The lowest BCUT2D eigenvalue weighted by Crippen LogP contribution is -2.29. The fraction of sp³-hybridized carbons (Fsp3) is 0.333. The molecule has 0 saturated carbocycles. The number of likely N-dealkylation sites (N-methyl/N-ethyl adjacent to an activating group) is 1. The first-order chi connectivity index (χ1) is 7.08. The maximum absolute atomic E-state index is 11.9. The molecule has 0 fully saturated rings. The molecule has 3 heteroatoms. The van der Waals surface area contributed by atoms with E-state index in [0.717, 1.165) is 11.1 Å². The van der Waals surface area contributed by atoms with E-state index in [-0.39, 0.29) is 18.2 Å². The van der Waals surface area contributed by atoms with Gasteiger partial charge in [-0.05, 0) is 18.6 Å². The Morgan fingerprint density at radius 3 is 2.73 bits per heavy atom. The average molecular weight is 203 g/mol. The van der Waals surface area contributed by atoms with Gasteiger partial charge in [0.2, 0.25) is 0 Å². The maximum Gasteiger partial charge on any atom is 0.254 e. The van der Waals surface area contributed by atoms with Crippen molar-refractivity contribution in [2.24, 2.45) is 0 Å². The summed E-state index contributed by atoms with van der Waals surface area (Å²) in [7, 11) is 1.66. The molecule has 15 heavy (non-hydrogen) atoms. The minimum Gasteiger partial charge on any atom is -0.334 e. The third kappa shape index (κ3) is 1.77. The molecule has 78 valence electrons. The smallest absolute Gasteiger partial charge is 0.254 e. The normalized spacial score (nSPS) is 16.3. The van der Waals surface area contributed by atoms with Crippen LogP contribution in [0, 0.1) is 6.92 Å². The zero-order valence-corrected chi connectivity index (χ0v) is 8.91. The van der Waals surface area contributed by atoms with Crippen LogP contribution in [0.5, 0.6) is 0 Å². The molecular weight excluding hydrogens is 190 g/mol. The number of hydrogen-bond donors (Lipinski definition) is 0. The SMILES string of the molecule is Cc1ccc2c(c1)C(=O)N(C)CC(=O)C2. The summed E-state index contributed by atoms with van der Waals surface area (Å²) in [4.78, 5) is 24.9. The van der Waals surface area contributed by atoms with Crippen molar-refractivity contribution < 1.29 is 9.59 Å². The molecule has 1 aliphatic rings. The molecule has 2 rings (SSSR count). The Kier molecular flexibility index (Phi) is 2.31. The van der Waals surface area contributed by atoms with Crippen LogP contribution in [0.1, 0.15) is 21.5 Å². The van der Waals surface area contributed by atoms with Crippen LogP contribution in [0.15, 0.2) is 18.2 Å². The first kappa shape index (κ1) is 9.90. The molecular formula is C12H13NO2. The van der Waals surface area contributed by atoms with Gasteiger partial charge in [0.1, 0.15) is 0 Å². The van der Waals surface area contributed by atoms with Gasteiger partial charge in [-0.15, -0.1) is 0 Å². The van der Waals surface area contributed by atoms with E-state index >= 15 is 0 Å². The van der Waals surface area contributed by atoms with E-state index in [1.165, 1.54) is 4.90 Å². The molecule has 0 N–H and O–H groups in total. The molecule has 1 aliphatic heterocycles. The van der Waals surface area contributed by atoms with Crippen molar-refractivity contribution in [3.8, 4) is 0 Å². The molecule has 0 unspecified atom stereocenters. The number of nitrogens with zero attached hydrogens (tertiary/aromatic N) is 1. The second kappa shape index (κ2) is 3.50. The van der Waals surface area contributed by atoms with Crippen molar-refractivity contribution >= 4 is 11.7 Å². The number of ketones is 1. The van der Waals surface area contributed by atoms with Gasteiger partial charge in [-0.1, -0.05) is 17.7 Å². The summed E-state index contributed by atoms with van der Waals surface area (Å²) in [6.45, 7) is 2.16. The van der Waals surface area contributed by atoms with Gasteiger partial charge < -0.3 is 4.90 Å². The Morgan fingerprint density at radius 1 is 1.27 bits per heavy atom. The Balaban J connectivity index is 2.55. The number of aryl methyl sites for hydroxylation is 1. The second-order valence-electron chi connectivity index (χ2n) is 4.04. The molecule has 1 heterocycles. The van der Waals surface area contributed by atoms with Gasteiger partial charge in [0, 0.05) is 19.0 Å². The van der Waals surface area contributed by atoms with E-state index in [2.05, 4.69) is 0 Å². The predicted octanol–water partition coefficient (Wildman–Crippen LogP) is 1.19. The topological polar surface area (TPSA) is 37.4 Å². The fourth-order valence-corrected chi connectivity index (χ4v) is 1.85. The zero-order valence-electron chi connectivity index (χ0n) is 8.91. The summed E-state index contributed by atoms with van der Waals surface area (Å²) in [6.07, 6.45) is 0.367. The largest absolute Gasteiger partial charge is 0.334 e. The number of carbonyl (C=O) groups is 2. The van der Waals surface area contributed by atoms with Crippen molar-refractivity contribution in [2.45, 2.75) is 13.3 Å². The van der Waals surface area contributed by atoms with Crippen molar-refractivity contribution in [3.63, 3.8) is 0 Å². The molecule has 0 atom stereocenters. The third-order valence-electron chi connectivity index (χ3n) is 2.64. The summed E-state index contributed by atoms with van der Waals surface area (Å²) < 4.78 is 0. The summed E-state index contributed by atoms with van der Waals surface area (Å²) in [5.74, 6) is 0.0352. The lowest BCUT2D eigenvalue weighted by molar-refractivity contribution is -0.118. The number of hydrogen-bond acceptors (Lipinski definition) is 2. The predicted molar refractivity (Wildman–Crippen MR) is 56.9 cm³/mol. The van der Waals surface area contributed by atoms with Gasteiger partial charge in [0.05, 0.1) is 6.54 Å². The van der Waals surface area contributed by atoms with Gasteiger partial charge in [0.15, 0.2) is 5.78 Å². The highest BCUT2D eigenvalue weighted by Crippen LogP contribution is 2.17. The number of benzene rings is 1. The van der Waals surface area contributed by atoms with E-state index in [1.807, 2.05) is 25.1 Å². The average Bonchev–Trinajstić information content (AvgIpc) is 2.27. The van der Waals surface area contributed by atoms with E-state index in [0.29, 0.717) is 12.0 Å². The number of rotatable bonds is 0. The number of amides is 1. The molecule has 0 radical (unpaired) electrons. The highest BCUT2D eigenvalue weighted by molar-refractivity contribution is 6.01. The molecule has 0 aliphatic carbocycles. The first-order valence-electron chi connectivity index (χ1n) is 4.94. The van der Waals surface area contributed by atoms with Crippen LogP contribution < -0.4 is 0 Å². The van der Waals surface area contributed by atoms with Crippen LogP contribution in [0.3, 0.4) is 0 Å². The second-order valence-corrected chi connectivity index (χ2v) is 4.04. The van der Waals surface area contributed by atoms with Crippen molar-refractivity contribution in [1.82, 2.24) is 4.90 Å². The van der Waals surface area contributed by atoms with Crippen LogP contribution in [0.25, 0.3) is 0 Å². The van der Waals surface area contributed by atoms with Crippen LogP contribution in [-0.4, -0.2) is 30.2 Å². The number of fused-ring (bicyclic) bond motifs is 1. The summed E-state index contributed by atoms with van der Waals surface area (Å²) >= 11 is 0. The van der Waals surface area contributed by atoms with Crippen molar-refractivity contribution in [3.05, 3.63) is 34.9 Å². The Morgan fingerprint density at radius 2 is 2.00 bits per heavy atom. The fourth-order valence-electron chi connectivity index (χ4n) is 1.85. The van der Waals surface area contributed by atoms with Crippen LogP contribution in [0.4, 0.5) is 0 Å². The van der Waals surface area contributed by atoms with Gasteiger partial charge in [0.25, 0.3) is 5.91 Å². The highest BCUT2D eigenvalue weighted by atomic mass is 16.2. The maximum atomic E-state index is 11.9.